The van der Waals surface area contributed by atoms with Crippen molar-refractivity contribution in [3.8, 4) is 11.1 Å². The second kappa shape index (κ2) is 6.88. The predicted octanol–water partition coefficient (Wildman–Crippen LogP) is 4.23. The van der Waals surface area contributed by atoms with E-state index >= 15 is 0 Å². The molecule has 0 aromatic heterocycles. The Hall–Kier alpha value is -2.34. The molecule has 0 unspecified atom stereocenters. The van der Waals surface area contributed by atoms with Crippen molar-refractivity contribution in [3.63, 3.8) is 0 Å². The third kappa shape index (κ3) is 3.85. The fourth-order valence-corrected chi connectivity index (χ4v) is 2.93. The first-order valence-electron chi connectivity index (χ1n) is 8.04. The third-order valence-electron chi connectivity index (χ3n) is 4.21. The highest BCUT2D eigenvalue weighted by atomic mass is 19.4. The molecular formula is C19H18F3NO2. The largest absolute Gasteiger partial charge is 0.416 e. The van der Waals surface area contributed by atoms with Gasteiger partial charge in [-0.2, -0.15) is 13.2 Å². The molecule has 1 saturated heterocycles. The Bertz CT molecular complexity index is 756. The van der Waals surface area contributed by atoms with Crippen LogP contribution in [-0.2, 0) is 10.9 Å². The van der Waals surface area contributed by atoms with Crippen LogP contribution in [0, 0.1) is 0 Å². The smallest absolute Gasteiger partial charge is 0.375 e. The van der Waals surface area contributed by atoms with E-state index in [1.54, 1.807) is 29.2 Å². The van der Waals surface area contributed by atoms with E-state index in [-0.39, 0.29) is 12.0 Å². The SMILES string of the molecule is C[C@H]1CN(C(=O)c2ccccc2-c2ccc(C(F)(F)F)cc2)CCO1. The lowest BCUT2D eigenvalue weighted by Crippen LogP contribution is -2.44. The molecule has 0 bridgehead atoms. The molecule has 6 heteroatoms. The number of rotatable bonds is 2. The Balaban J connectivity index is 1.92. The number of alkyl halides is 3. The molecular weight excluding hydrogens is 331 g/mol. The van der Waals surface area contributed by atoms with E-state index in [9.17, 15) is 18.0 Å². The molecule has 3 nitrogen and oxygen atoms in total. The van der Waals surface area contributed by atoms with Crippen LogP contribution in [0.3, 0.4) is 0 Å². The van der Waals surface area contributed by atoms with Gasteiger partial charge in [-0.1, -0.05) is 30.3 Å². The molecule has 0 N–H and O–H groups in total. The summed E-state index contributed by atoms with van der Waals surface area (Å²) in [6.07, 6.45) is -4.41. The Kier molecular flexibility index (Phi) is 4.81. The Morgan fingerprint density at radius 3 is 2.44 bits per heavy atom. The number of amides is 1. The monoisotopic (exact) mass is 349 g/mol. The summed E-state index contributed by atoms with van der Waals surface area (Å²) in [5, 5.41) is 0. The predicted molar refractivity (Wildman–Crippen MR) is 88.2 cm³/mol. The lowest BCUT2D eigenvalue weighted by atomic mass is 9.97. The second-order valence-electron chi connectivity index (χ2n) is 6.05. The Labute approximate surface area is 144 Å². The molecule has 0 saturated carbocycles. The maximum absolute atomic E-state index is 12.9. The van der Waals surface area contributed by atoms with Crippen molar-refractivity contribution in [3.05, 3.63) is 59.7 Å². The number of halogens is 3. The highest BCUT2D eigenvalue weighted by molar-refractivity contribution is 6.01. The van der Waals surface area contributed by atoms with Gasteiger partial charge in [-0.25, -0.2) is 0 Å². The number of benzene rings is 2. The van der Waals surface area contributed by atoms with Crippen LogP contribution in [-0.4, -0.2) is 36.6 Å². The van der Waals surface area contributed by atoms with Crippen molar-refractivity contribution >= 4 is 5.91 Å². The molecule has 25 heavy (non-hydrogen) atoms. The number of hydrogen-bond donors (Lipinski definition) is 0. The van der Waals surface area contributed by atoms with Crippen molar-refractivity contribution in [1.82, 2.24) is 4.90 Å². The normalized spacial score (nSPS) is 18.2. The van der Waals surface area contributed by atoms with Crippen molar-refractivity contribution in [2.75, 3.05) is 19.7 Å². The van der Waals surface area contributed by atoms with E-state index in [4.69, 9.17) is 4.74 Å². The van der Waals surface area contributed by atoms with Crippen LogP contribution in [0.5, 0.6) is 0 Å². The van der Waals surface area contributed by atoms with Gasteiger partial charge < -0.3 is 9.64 Å². The highest BCUT2D eigenvalue weighted by Crippen LogP contribution is 2.32. The first-order chi connectivity index (χ1) is 11.9. The summed E-state index contributed by atoms with van der Waals surface area (Å²) in [6, 6.07) is 11.8. The number of nitrogens with zero attached hydrogens (tertiary/aromatic N) is 1. The maximum Gasteiger partial charge on any atom is 0.416 e. The molecule has 132 valence electrons. The zero-order chi connectivity index (χ0) is 18.0. The maximum atomic E-state index is 12.9. The summed E-state index contributed by atoms with van der Waals surface area (Å²) in [6.45, 7) is 3.39. The van der Waals surface area contributed by atoms with Gasteiger partial charge >= 0.3 is 6.18 Å². The number of carbonyl (C=O) groups excluding carboxylic acids is 1. The molecule has 1 aliphatic rings. The summed E-state index contributed by atoms with van der Waals surface area (Å²) < 4.78 is 43.7. The second-order valence-corrected chi connectivity index (χ2v) is 6.05. The molecule has 2 aromatic carbocycles. The molecule has 2 aromatic rings. The van der Waals surface area contributed by atoms with Crippen molar-refractivity contribution in [2.45, 2.75) is 19.2 Å². The third-order valence-corrected chi connectivity index (χ3v) is 4.21. The van der Waals surface area contributed by atoms with E-state index in [0.29, 0.717) is 36.4 Å². The minimum absolute atomic E-state index is 0.0315. The number of morpholine rings is 1. The van der Waals surface area contributed by atoms with Crippen LogP contribution in [0.2, 0.25) is 0 Å². The van der Waals surface area contributed by atoms with Gasteiger partial charge in [-0.3, -0.25) is 4.79 Å². The van der Waals surface area contributed by atoms with Gasteiger partial charge in [0.1, 0.15) is 0 Å². The average Bonchev–Trinajstić information content (AvgIpc) is 2.60. The molecule has 1 atom stereocenters. The summed E-state index contributed by atoms with van der Waals surface area (Å²) >= 11 is 0. The quantitative estimate of drug-likeness (QED) is 0.812. The van der Waals surface area contributed by atoms with Gasteiger partial charge in [0.25, 0.3) is 5.91 Å². The minimum atomic E-state index is -4.38. The van der Waals surface area contributed by atoms with Gasteiger partial charge in [0.05, 0.1) is 18.3 Å². The minimum Gasteiger partial charge on any atom is -0.375 e. The Morgan fingerprint density at radius 2 is 1.80 bits per heavy atom. The molecule has 0 radical (unpaired) electrons. The fourth-order valence-electron chi connectivity index (χ4n) is 2.93. The first-order valence-corrected chi connectivity index (χ1v) is 8.04. The molecule has 1 aliphatic heterocycles. The van der Waals surface area contributed by atoms with Crippen LogP contribution >= 0.6 is 0 Å². The summed E-state index contributed by atoms with van der Waals surface area (Å²) in [4.78, 5) is 14.6. The molecule has 1 fully saturated rings. The summed E-state index contributed by atoms with van der Waals surface area (Å²) in [5.74, 6) is -0.134. The van der Waals surface area contributed by atoms with Crippen LogP contribution in [0.4, 0.5) is 13.2 Å². The topological polar surface area (TPSA) is 29.5 Å². The van der Waals surface area contributed by atoms with Gasteiger partial charge in [-0.15, -0.1) is 0 Å². The number of hydrogen-bond acceptors (Lipinski definition) is 2. The van der Waals surface area contributed by atoms with Gasteiger partial charge in [0, 0.05) is 18.7 Å². The summed E-state index contributed by atoms with van der Waals surface area (Å²) in [5.41, 5.74) is 0.983. The van der Waals surface area contributed by atoms with Crippen LogP contribution in [0.15, 0.2) is 48.5 Å². The zero-order valence-corrected chi connectivity index (χ0v) is 13.7. The summed E-state index contributed by atoms with van der Waals surface area (Å²) in [7, 11) is 0. The number of carbonyl (C=O) groups is 1. The van der Waals surface area contributed by atoms with E-state index < -0.39 is 11.7 Å². The first kappa shape index (κ1) is 17.5. The average molecular weight is 349 g/mol. The lowest BCUT2D eigenvalue weighted by Gasteiger charge is -2.31. The van der Waals surface area contributed by atoms with Crippen molar-refractivity contribution in [1.29, 1.82) is 0 Å². The standard InChI is InChI=1S/C19H18F3NO2/c1-13-12-23(10-11-25-13)18(24)17-5-3-2-4-16(17)14-6-8-15(9-7-14)19(20,21)22/h2-9,13H,10-12H2,1H3/t13-/m0/s1. The van der Waals surface area contributed by atoms with Gasteiger partial charge in [0.15, 0.2) is 0 Å². The van der Waals surface area contributed by atoms with Crippen LogP contribution in [0.25, 0.3) is 11.1 Å². The van der Waals surface area contributed by atoms with Crippen molar-refractivity contribution in [2.24, 2.45) is 0 Å². The van der Waals surface area contributed by atoms with Crippen LogP contribution in [0.1, 0.15) is 22.8 Å². The van der Waals surface area contributed by atoms with Crippen molar-refractivity contribution < 1.29 is 22.7 Å². The molecule has 1 amide bonds. The zero-order valence-electron chi connectivity index (χ0n) is 13.7. The molecule has 3 rings (SSSR count). The van der Waals surface area contributed by atoms with Gasteiger partial charge in [-0.05, 0) is 36.2 Å². The number of ether oxygens (including phenoxy) is 1. The molecule has 0 aliphatic carbocycles. The van der Waals surface area contributed by atoms with Crippen LogP contribution < -0.4 is 0 Å². The molecule has 1 heterocycles. The fraction of sp³-hybridized carbons (Fsp3) is 0.316. The van der Waals surface area contributed by atoms with E-state index in [0.717, 1.165) is 12.1 Å². The van der Waals surface area contributed by atoms with E-state index in [2.05, 4.69) is 0 Å². The molecule has 0 spiro atoms. The van der Waals surface area contributed by atoms with Gasteiger partial charge in [0.2, 0.25) is 0 Å². The lowest BCUT2D eigenvalue weighted by molar-refractivity contribution is -0.137. The highest BCUT2D eigenvalue weighted by Gasteiger charge is 2.30. The Morgan fingerprint density at radius 1 is 1.12 bits per heavy atom. The van der Waals surface area contributed by atoms with E-state index in [1.807, 2.05) is 6.92 Å². The van der Waals surface area contributed by atoms with E-state index in [1.165, 1.54) is 12.1 Å².